The Bertz CT molecular complexity index is 831. The smallest absolute Gasteiger partial charge is 0.230 e. The summed E-state index contributed by atoms with van der Waals surface area (Å²) in [5.74, 6) is 0.227. The molecule has 2 aliphatic rings. The Morgan fingerprint density at radius 1 is 1.16 bits per heavy atom. The van der Waals surface area contributed by atoms with Gasteiger partial charge in [-0.15, -0.1) is 0 Å². The first kappa shape index (κ1) is 16.4. The molecule has 2 aromatic rings. The van der Waals surface area contributed by atoms with E-state index in [0.29, 0.717) is 6.04 Å². The second kappa shape index (κ2) is 6.34. The maximum Gasteiger partial charge on any atom is 0.230 e. The van der Waals surface area contributed by atoms with Gasteiger partial charge in [-0.3, -0.25) is 9.69 Å². The predicted octanol–water partition coefficient (Wildman–Crippen LogP) is 3.23. The Morgan fingerprint density at radius 2 is 1.96 bits per heavy atom. The molecule has 1 amide bonds. The molecule has 0 spiro atoms. The van der Waals surface area contributed by atoms with E-state index in [1.165, 1.54) is 22.0 Å². The van der Waals surface area contributed by atoms with Gasteiger partial charge in [0.15, 0.2) is 0 Å². The number of benzene rings is 1. The molecule has 2 aliphatic heterocycles. The van der Waals surface area contributed by atoms with Gasteiger partial charge in [0.05, 0.1) is 17.5 Å². The van der Waals surface area contributed by atoms with Crippen molar-refractivity contribution in [2.45, 2.75) is 33.4 Å². The van der Waals surface area contributed by atoms with Crippen molar-refractivity contribution in [1.29, 1.82) is 0 Å². The van der Waals surface area contributed by atoms with Crippen molar-refractivity contribution in [1.82, 2.24) is 14.4 Å². The van der Waals surface area contributed by atoms with Gasteiger partial charge in [-0.1, -0.05) is 31.2 Å². The first-order valence-corrected chi connectivity index (χ1v) is 9.50. The third kappa shape index (κ3) is 2.51. The molecule has 0 fully saturated rings. The van der Waals surface area contributed by atoms with Crippen LogP contribution in [0.2, 0.25) is 0 Å². The Balaban J connectivity index is 1.81. The van der Waals surface area contributed by atoms with Gasteiger partial charge in [-0.25, -0.2) is 0 Å². The Labute approximate surface area is 149 Å². The third-order valence-corrected chi connectivity index (χ3v) is 5.88. The SMILES string of the molecule is CCN(CC)C(=O)[C@@H]1C=C2c3cccc4ccn(c34)C[C@H]2N(CC)C1. The molecule has 25 heavy (non-hydrogen) atoms. The lowest BCUT2D eigenvalue weighted by Crippen LogP contribution is -2.50. The summed E-state index contributed by atoms with van der Waals surface area (Å²) in [5, 5.41) is 1.29. The summed E-state index contributed by atoms with van der Waals surface area (Å²) in [5.41, 5.74) is 3.96. The topological polar surface area (TPSA) is 28.5 Å². The van der Waals surface area contributed by atoms with Crippen LogP contribution in [0.4, 0.5) is 0 Å². The lowest BCUT2D eigenvalue weighted by atomic mass is 9.85. The molecule has 4 nitrogen and oxygen atoms in total. The number of nitrogens with zero attached hydrogens (tertiary/aromatic N) is 3. The third-order valence-electron chi connectivity index (χ3n) is 5.88. The normalized spacial score (nSPS) is 22.6. The number of rotatable bonds is 4. The largest absolute Gasteiger partial charge is 0.345 e. The molecule has 0 N–H and O–H groups in total. The molecule has 0 saturated heterocycles. The summed E-state index contributed by atoms with van der Waals surface area (Å²) in [6, 6.07) is 9.10. The fraction of sp³-hybridized carbons (Fsp3) is 0.476. The van der Waals surface area contributed by atoms with E-state index in [-0.39, 0.29) is 11.8 Å². The predicted molar refractivity (Wildman–Crippen MR) is 102 cm³/mol. The Kier molecular flexibility index (Phi) is 4.16. The summed E-state index contributed by atoms with van der Waals surface area (Å²) in [6.07, 6.45) is 4.47. The number of hydrogen-bond acceptors (Lipinski definition) is 2. The molecule has 3 heterocycles. The van der Waals surface area contributed by atoms with Gasteiger partial charge >= 0.3 is 0 Å². The fourth-order valence-electron chi connectivity index (χ4n) is 4.54. The van der Waals surface area contributed by atoms with Crippen molar-refractivity contribution >= 4 is 22.4 Å². The maximum atomic E-state index is 13.0. The highest BCUT2D eigenvalue weighted by Gasteiger charge is 2.37. The molecule has 0 bridgehead atoms. The van der Waals surface area contributed by atoms with Crippen LogP contribution in [0.5, 0.6) is 0 Å². The molecular formula is C21H27N3O. The summed E-state index contributed by atoms with van der Waals surface area (Å²) < 4.78 is 2.38. The monoisotopic (exact) mass is 337 g/mol. The van der Waals surface area contributed by atoms with Gasteiger partial charge in [0.2, 0.25) is 5.91 Å². The van der Waals surface area contributed by atoms with Crippen LogP contribution >= 0.6 is 0 Å². The van der Waals surface area contributed by atoms with Gasteiger partial charge in [0.1, 0.15) is 0 Å². The van der Waals surface area contributed by atoms with Crippen molar-refractivity contribution in [3.8, 4) is 0 Å². The van der Waals surface area contributed by atoms with E-state index in [9.17, 15) is 4.79 Å². The lowest BCUT2D eigenvalue weighted by molar-refractivity contribution is -0.134. The first-order chi connectivity index (χ1) is 12.2. The second-order valence-corrected chi connectivity index (χ2v) is 7.05. The Hall–Kier alpha value is -2.07. The minimum absolute atomic E-state index is 0.0390. The summed E-state index contributed by atoms with van der Waals surface area (Å²) in [6.45, 7) is 10.7. The van der Waals surface area contributed by atoms with Crippen molar-refractivity contribution in [3.63, 3.8) is 0 Å². The van der Waals surface area contributed by atoms with Gasteiger partial charge in [0.25, 0.3) is 0 Å². The number of amides is 1. The Morgan fingerprint density at radius 3 is 2.68 bits per heavy atom. The zero-order valence-corrected chi connectivity index (χ0v) is 15.4. The van der Waals surface area contributed by atoms with Crippen LogP contribution in [0.15, 0.2) is 36.5 Å². The number of hydrogen-bond donors (Lipinski definition) is 0. The summed E-state index contributed by atoms with van der Waals surface area (Å²) >= 11 is 0. The van der Waals surface area contributed by atoms with Crippen LogP contribution < -0.4 is 0 Å². The minimum atomic E-state index is -0.0390. The maximum absolute atomic E-state index is 13.0. The highest BCUT2D eigenvalue weighted by molar-refractivity contribution is 5.96. The fourth-order valence-corrected chi connectivity index (χ4v) is 4.54. The highest BCUT2D eigenvalue weighted by Crippen LogP contribution is 2.39. The zero-order chi connectivity index (χ0) is 17.6. The van der Waals surface area contributed by atoms with E-state index in [4.69, 9.17) is 0 Å². The lowest BCUT2D eigenvalue weighted by Gasteiger charge is -2.42. The van der Waals surface area contributed by atoms with Gasteiger partial charge in [-0.05, 0) is 32.0 Å². The van der Waals surface area contributed by atoms with E-state index in [1.54, 1.807) is 0 Å². The number of aromatic nitrogens is 1. The van der Waals surface area contributed by atoms with E-state index < -0.39 is 0 Å². The number of para-hydroxylation sites is 1. The molecule has 4 heteroatoms. The van der Waals surface area contributed by atoms with E-state index >= 15 is 0 Å². The molecule has 0 radical (unpaired) electrons. The van der Waals surface area contributed by atoms with Gasteiger partial charge in [0, 0.05) is 43.3 Å². The van der Waals surface area contributed by atoms with Gasteiger partial charge < -0.3 is 9.47 Å². The average Bonchev–Trinajstić information content (AvgIpc) is 3.06. The molecule has 1 aromatic heterocycles. The first-order valence-electron chi connectivity index (χ1n) is 9.50. The van der Waals surface area contributed by atoms with Crippen LogP contribution in [0.25, 0.3) is 16.5 Å². The second-order valence-electron chi connectivity index (χ2n) is 7.05. The van der Waals surface area contributed by atoms with E-state index in [2.05, 4.69) is 66.8 Å². The van der Waals surface area contributed by atoms with Crippen molar-refractivity contribution in [2.75, 3.05) is 26.2 Å². The van der Waals surface area contributed by atoms with Crippen molar-refractivity contribution in [2.24, 2.45) is 5.92 Å². The molecule has 0 aliphatic carbocycles. The molecule has 2 atom stereocenters. The number of carbonyl (C=O) groups excluding carboxylic acids is 1. The number of likely N-dealkylation sites (N-methyl/N-ethyl adjacent to an activating group) is 1. The standard InChI is InChI=1S/C21H27N3O/c1-4-22(5-2)21(25)16-12-18-17-9-7-8-15-10-11-24(20(15)17)14-19(18)23(6-3)13-16/h7-12,16,19H,4-6,13-14H2,1-3H3/t16-,19-/m1/s1. The zero-order valence-electron chi connectivity index (χ0n) is 15.4. The number of fused-ring (bicyclic) bond motifs is 2. The van der Waals surface area contributed by atoms with Crippen LogP contribution in [-0.2, 0) is 11.3 Å². The average molecular weight is 337 g/mol. The summed E-state index contributed by atoms with van der Waals surface area (Å²) in [4.78, 5) is 17.4. The molecular weight excluding hydrogens is 310 g/mol. The minimum Gasteiger partial charge on any atom is -0.345 e. The van der Waals surface area contributed by atoms with Crippen molar-refractivity contribution < 1.29 is 4.79 Å². The van der Waals surface area contributed by atoms with E-state index in [1.807, 2.05) is 4.90 Å². The quantitative estimate of drug-likeness (QED) is 0.857. The molecule has 0 saturated carbocycles. The summed E-state index contributed by atoms with van der Waals surface area (Å²) in [7, 11) is 0. The number of carbonyl (C=O) groups is 1. The van der Waals surface area contributed by atoms with Crippen LogP contribution in [0.3, 0.4) is 0 Å². The van der Waals surface area contributed by atoms with E-state index in [0.717, 1.165) is 32.7 Å². The highest BCUT2D eigenvalue weighted by atomic mass is 16.2. The van der Waals surface area contributed by atoms with Crippen LogP contribution in [0.1, 0.15) is 26.3 Å². The molecule has 132 valence electrons. The molecule has 0 unspecified atom stereocenters. The van der Waals surface area contributed by atoms with Gasteiger partial charge in [-0.2, -0.15) is 0 Å². The van der Waals surface area contributed by atoms with Crippen molar-refractivity contribution in [3.05, 3.63) is 42.1 Å². The van der Waals surface area contributed by atoms with Crippen LogP contribution in [0, 0.1) is 5.92 Å². The molecule has 4 rings (SSSR count). The van der Waals surface area contributed by atoms with Crippen LogP contribution in [-0.4, -0.2) is 52.5 Å². The molecule has 1 aromatic carbocycles.